The summed E-state index contributed by atoms with van der Waals surface area (Å²) >= 11 is 7.86. The van der Waals surface area contributed by atoms with Crippen molar-refractivity contribution in [1.29, 1.82) is 0 Å². The summed E-state index contributed by atoms with van der Waals surface area (Å²) in [6.45, 7) is 4.61. The van der Waals surface area contributed by atoms with Gasteiger partial charge >= 0.3 is 0 Å². The maximum Gasteiger partial charge on any atom is 0.0260 e. The van der Waals surface area contributed by atoms with Crippen molar-refractivity contribution < 1.29 is 0 Å². The number of rotatable bonds is 42. The van der Waals surface area contributed by atoms with E-state index in [0.29, 0.717) is 0 Å². The second-order valence-electron chi connectivity index (χ2n) is 19.4. The van der Waals surface area contributed by atoms with Gasteiger partial charge in [-0.25, -0.2) is 0 Å². The van der Waals surface area contributed by atoms with Crippen LogP contribution in [0.15, 0.2) is 69.6 Å². The number of benzene rings is 3. The molecule has 0 saturated carbocycles. The smallest absolute Gasteiger partial charge is 0.0260 e. The predicted octanol–water partition coefficient (Wildman–Crippen LogP) is 22.5. The van der Waals surface area contributed by atoms with E-state index in [9.17, 15) is 0 Å². The normalized spacial score (nSPS) is 11.5. The molecular formula is C60H96Br2. The lowest BCUT2D eigenvalue weighted by molar-refractivity contribution is 0.523. The minimum Gasteiger partial charge on any atom is -0.0654 e. The largest absolute Gasteiger partial charge is 0.0654 e. The fourth-order valence-corrected chi connectivity index (χ4v) is 10.7. The van der Waals surface area contributed by atoms with Gasteiger partial charge in [0.2, 0.25) is 0 Å². The van der Waals surface area contributed by atoms with Gasteiger partial charge in [0.1, 0.15) is 0 Å². The molecule has 0 aliphatic carbocycles. The van der Waals surface area contributed by atoms with Gasteiger partial charge in [-0.2, -0.15) is 0 Å². The molecule has 62 heavy (non-hydrogen) atoms. The molecule has 0 nitrogen and oxygen atoms in total. The van der Waals surface area contributed by atoms with Crippen molar-refractivity contribution >= 4 is 31.9 Å². The van der Waals surface area contributed by atoms with E-state index in [2.05, 4.69) is 106 Å². The summed E-state index contributed by atoms with van der Waals surface area (Å²) in [5.74, 6) is 0. The van der Waals surface area contributed by atoms with Gasteiger partial charge in [-0.1, -0.05) is 325 Å². The zero-order valence-corrected chi connectivity index (χ0v) is 44.0. The topological polar surface area (TPSA) is 0 Å². The molecule has 0 saturated heterocycles. The first-order valence-corrected chi connectivity index (χ1v) is 28.9. The van der Waals surface area contributed by atoms with Gasteiger partial charge in [-0.3, -0.25) is 0 Å². The van der Waals surface area contributed by atoms with Gasteiger partial charge < -0.3 is 0 Å². The minimum atomic E-state index is 1.15. The molecule has 0 bridgehead atoms. The minimum absolute atomic E-state index is 1.15. The first kappa shape index (κ1) is 55.0. The average molecular weight is 977 g/mol. The molecule has 0 unspecified atom stereocenters. The van der Waals surface area contributed by atoms with E-state index in [0.717, 1.165) is 8.95 Å². The van der Waals surface area contributed by atoms with Crippen LogP contribution >= 0.6 is 31.9 Å². The van der Waals surface area contributed by atoms with Crippen molar-refractivity contribution in [3.63, 3.8) is 0 Å². The third kappa shape index (κ3) is 27.2. The number of hydrogen-bond donors (Lipinski definition) is 0. The summed E-state index contributed by atoms with van der Waals surface area (Å²) < 4.78 is 2.31. The van der Waals surface area contributed by atoms with E-state index in [4.69, 9.17) is 0 Å². The van der Waals surface area contributed by atoms with Crippen LogP contribution < -0.4 is 0 Å². The molecule has 3 aromatic carbocycles. The van der Waals surface area contributed by atoms with Crippen LogP contribution in [-0.4, -0.2) is 0 Å². The van der Waals surface area contributed by atoms with Gasteiger partial charge in [-0.05, 0) is 71.2 Å². The molecule has 0 heterocycles. The van der Waals surface area contributed by atoms with E-state index >= 15 is 0 Å². The van der Waals surface area contributed by atoms with E-state index < -0.39 is 0 Å². The third-order valence-corrected chi connectivity index (χ3v) is 15.0. The van der Waals surface area contributed by atoms with Crippen molar-refractivity contribution in [2.24, 2.45) is 0 Å². The second kappa shape index (κ2) is 38.8. The lowest BCUT2D eigenvalue weighted by Crippen LogP contribution is -1.90. The Labute approximate surface area is 403 Å². The van der Waals surface area contributed by atoms with Gasteiger partial charge in [0, 0.05) is 8.95 Å². The van der Waals surface area contributed by atoms with Crippen LogP contribution in [0.4, 0.5) is 0 Å². The molecule has 0 aromatic heterocycles. The molecule has 0 N–H and O–H groups in total. The predicted molar refractivity (Wildman–Crippen MR) is 287 cm³/mol. The summed E-state index contributed by atoms with van der Waals surface area (Å²) in [5, 5.41) is 0. The van der Waals surface area contributed by atoms with E-state index in [1.165, 1.54) is 290 Å². The summed E-state index contributed by atoms with van der Waals surface area (Å²) in [7, 11) is 0. The standard InChI is InChI=1S/C60H96Br2/c1-3-5-7-9-11-13-15-17-19-21-23-25-27-29-31-33-35-37-39-41-53-43-47-55(48-44-53)57-51-60(62)58(52-59(57)61)56-49-45-54(46-50-56)42-40-38-36-34-32-30-28-26-24-22-20-18-16-14-12-10-8-6-4-2/h43-52H,3-42H2,1-2H3. The molecule has 0 aliphatic heterocycles. The summed E-state index contributed by atoms with van der Waals surface area (Å²) in [6, 6.07) is 23.2. The van der Waals surface area contributed by atoms with Crippen molar-refractivity contribution in [2.75, 3.05) is 0 Å². The van der Waals surface area contributed by atoms with Gasteiger partial charge in [0.25, 0.3) is 0 Å². The summed E-state index contributed by atoms with van der Waals surface area (Å²) in [5.41, 5.74) is 7.97. The van der Waals surface area contributed by atoms with Crippen molar-refractivity contribution in [3.8, 4) is 22.3 Å². The third-order valence-electron chi connectivity index (χ3n) is 13.7. The van der Waals surface area contributed by atoms with Crippen LogP contribution in [0.2, 0.25) is 0 Å². The van der Waals surface area contributed by atoms with Crippen LogP contribution in [0.1, 0.15) is 269 Å². The Balaban J connectivity index is 1.18. The summed E-state index contributed by atoms with van der Waals surface area (Å²) in [6.07, 6.45) is 56.9. The second-order valence-corrected chi connectivity index (χ2v) is 21.1. The molecule has 0 aliphatic rings. The number of aryl methyl sites for hydroxylation is 2. The van der Waals surface area contributed by atoms with Gasteiger partial charge in [0.05, 0.1) is 0 Å². The molecule has 0 spiro atoms. The summed E-state index contributed by atoms with van der Waals surface area (Å²) in [4.78, 5) is 0. The van der Waals surface area contributed by atoms with Crippen molar-refractivity contribution in [2.45, 2.75) is 271 Å². The van der Waals surface area contributed by atoms with Crippen LogP contribution in [0.25, 0.3) is 22.3 Å². The molecular weight excluding hydrogens is 880 g/mol. The number of unbranched alkanes of at least 4 members (excludes halogenated alkanes) is 36. The molecule has 3 aromatic rings. The molecule has 0 amide bonds. The molecule has 0 radical (unpaired) electrons. The fraction of sp³-hybridized carbons (Fsp3) is 0.700. The van der Waals surface area contributed by atoms with Crippen LogP contribution in [0, 0.1) is 0 Å². The van der Waals surface area contributed by atoms with Gasteiger partial charge in [-0.15, -0.1) is 0 Å². The zero-order valence-electron chi connectivity index (χ0n) is 40.8. The first-order valence-electron chi connectivity index (χ1n) is 27.3. The molecule has 0 fully saturated rings. The Morgan fingerprint density at radius 2 is 0.452 bits per heavy atom. The molecule has 2 heteroatoms. The van der Waals surface area contributed by atoms with E-state index in [-0.39, 0.29) is 0 Å². The maximum absolute atomic E-state index is 3.93. The highest BCUT2D eigenvalue weighted by Gasteiger charge is 2.11. The Bertz CT molecular complexity index is 1330. The van der Waals surface area contributed by atoms with Crippen LogP contribution in [0.5, 0.6) is 0 Å². The first-order chi connectivity index (χ1) is 30.6. The van der Waals surface area contributed by atoms with Gasteiger partial charge in [0.15, 0.2) is 0 Å². The lowest BCUT2D eigenvalue weighted by Gasteiger charge is -2.12. The Hall–Kier alpha value is -1.38. The quantitative estimate of drug-likeness (QED) is 0.0496. The molecule has 0 atom stereocenters. The monoisotopic (exact) mass is 975 g/mol. The molecule has 3 rings (SSSR count). The number of halogens is 2. The van der Waals surface area contributed by atoms with Crippen molar-refractivity contribution in [3.05, 3.63) is 80.7 Å². The van der Waals surface area contributed by atoms with Crippen LogP contribution in [-0.2, 0) is 12.8 Å². The van der Waals surface area contributed by atoms with E-state index in [1.54, 1.807) is 0 Å². The average Bonchev–Trinajstić information content (AvgIpc) is 3.29. The van der Waals surface area contributed by atoms with E-state index in [1.807, 2.05) is 0 Å². The Morgan fingerprint density at radius 1 is 0.258 bits per heavy atom. The lowest BCUT2D eigenvalue weighted by atomic mass is 9.97. The Kier molecular flexibility index (Phi) is 34.4. The van der Waals surface area contributed by atoms with Crippen LogP contribution in [0.3, 0.4) is 0 Å². The molecule has 350 valence electrons. The fourth-order valence-electron chi connectivity index (χ4n) is 9.51. The Morgan fingerprint density at radius 3 is 0.661 bits per heavy atom. The number of hydrogen-bond acceptors (Lipinski definition) is 0. The zero-order chi connectivity index (χ0) is 44.0. The highest BCUT2D eigenvalue weighted by molar-refractivity contribution is 9.11. The van der Waals surface area contributed by atoms with Crippen molar-refractivity contribution in [1.82, 2.24) is 0 Å². The highest BCUT2D eigenvalue weighted by Crippen LogP contribution is 2.38. The highest BCUT2D eigenvalue weighted by atomic mass is 79.9. The maximum atomic E-state index is 3.93. The SMILES string of the molecule is CCCCCCCCCCCCCCCCCCCCCc1ccc(-c2cc(Br)c(-c3ccc(CCCCCCCCCCCCCCCCCCCCC)cc3)cc2Br)cc1.